The lowest BCUT2D eigenvalue weighted by atomic mass is 9.85. The second kappa shape index (κ2) is 8.15. The maximum absolute atomic E-state index is 10.5. The standard InChI is InChI=1S/C17H22ClN3O.ClH/c18-15-6-4-13(5-7-15)16-14(11-20-21-16)10-19-12-17(22)8-2-1-3-9-17;/h4-7,11,19,22H,1-3,8-10,12H2,(H,20,21);1H. The third-order valence-electron chi connectivity index (χ3n) is 4.40. The van der Waals surface area contributed by atoms with E-state index in [2.05, 4.69) is 15.5 Å². The number of aromatic nitrogens is 2. The summed E-state index contributed by atoms with van der Waals surface area (Å²) < 4.78 is 0. The summed E-state index contributed by atoms with van der Waals surface area (Å²) in [5, 5.41) is 21.8. The number of hydrogen-bond donors (Lipinski definition) is 3. The largest absolute Gasteiger partial charge is 0.389 e. The first-order valence-corrected chi connectivity index (χ1v) is 8.25. The molecular formula is C17H23Cl2N3O. The van der Waals surface area contributed by atoms with Crippen LogP contribution >= 0.6 is 24.0 Å². The van der Waals surface area contributed by atoms with Crippen LogP contribution in [0.4, 0.5) is 0 Å². The van der Waals surface area contributed by atoms with E-state index >= 15 is 0 Å². The lowest BCUT2D eigenvalue weighted by molar-refractivity contribution is 0.00468. The number of halogens is 2. The smallest absolute Gasteiger partial charge is 0.0771 e. The van der Waals surface area contributed by atoms with E-state index in [9.17, 15) is 5.11 Å². The molecule has 0 bridgehead atoms. The van der Waals surface area contributed by atoms with Crippen LogP contribution in [0.5, 0.6) is 0 Å². The molecule has 1 heterocycles. The molecule has 0 unspecified atom stereocenters. The number of nitrogens with one attached hydrogen (secondary N) is 2. The summed E-state index contributed by atoms with van der Waals surface area (Å²) in [5.74, 6) is 0. The van der Waals surface area contributed by atoms with Crippen molar-refractivity contribution in [2.75, 3.05) is 6.54 Å². The Hall–Kier alpha value is -1.07. The molecule has 1 aliphatic rings. The first kappa shape index (κ1) is 18.3. The van der Waals surface area contributed by atoms with Gasteiger partial charge < -0.3 is 10.4 Å². The molecule has 3 rings (SSSR count). The second-order valence-electron chi connectivity index (χ2n) is 6.17. The first-order chi connectivity index (χ1) is 10.7. The molecule has 1 aromatic heterocycles. The molecule has 0 spiro atoms. The van der Waals surface area contributed by atoms with Gasteiger partial charge >= 0.3 is 0 Å². The normalized spacial score (nSPS) is 16.8. The van der Waals surface area contributed by atoms with Crippen molar-refractivity contribution in [3.63, 3.8) is 0 Å². The fraction of sp³-hybridized carbons (Fsp3) is 0.471. The molecule has 126 valence electrons. The van der Waals surface area contributed by atoms with Crippen LogP contribution in [0.3, 0.4) is 0 Å². The third kappa shape index (κ3) is 4.70. The number of benzene rings is 1. The van der Waals surface area contributed by atoms with Gasteiger partial charge in [-0.15, -0.1) is 12.4 Å². The highest BCUT2D eigenvalue weighted by atomic mass is 35.5. The minimum absolute atomic E-state index is 0. The summed E-state index contributed by atoms with van der Waals surface area (Å²) in [7, 11) is 0. The van der Waals surface area contributed by atoms with Crippen molar-refractivity contribution in [3.8, 4) is 11.3 Å². The monoisotopic (exact) mass is 355 g/mol. The summed E-state index contributed by atoms with van der Waals surface area (Å²) in [6, 6.07) is 7.71. The summed E-state index contributed by atoms with van der Waals surface area (Å²) >= 11 is 5.93. The minimum atomic E-state index is -0.539. The molecule has 3 N–H and O–H groups in total. The van der Waals surface area contributed by atoms with Crippen molar-refractivity contribution in [1.29, 1.82) is 0 Å². The fourth-order valence-electron chi connectivity index (χ4n) is 3.13. The molecule has 23 heavy (non-hydrogen) atoms. The Kier molecular flexibility index (Phi) is 6.48. The van der Waals surface area contributed by atoms with Gasteiger partial charge in [0.15, 0.2) is 0 Å². The van der Waals surface area contributed by atoms with Gasteiger partial charge in [-0.2, -0.15) is 5.10 Å². The number of aromatic amines is 1. The van der Waals surface area contributed by atoms with E-state index in [0.29, 0.717) is 13.1 Å². The van der Waals surface area contributed by atoms with Gasteiger partial charge in [-0.1, -0.05) is 43.0 Å². The van der Waals surface area contributed by atoms with Crippen LogP contribution in [0.2, 0.25) is 5.02 Å². The number of aliphatic hydroxyl groups is 1. The molecule has 0 atom stereocenters. The Balaban J connectivity index is 0.00000192. The van der Waals surface area contributed by atoms with Crippen LogP contribution in [0.1, 0.15) is 37.7 Å². The van der Waals surface area contributed by atoms with Gasteiger partial charge in [0.2, 0.25) is 0 Å². The average Bonchev–Trinajstić information content (AvgIpc) is 2.97. The van der Waals surface area contributed by atoms with Crippen molar-refractivity contribution in [2.45, 2.75) is 44.2 Å². The fourth-order valence-corrected chi connectivity index (χ4v) is 3.25. The third-order valence-corrected chi connectivity index (χ3v) is 4.66. The van der Waals surface area contributed by atoms with E-state index in [0.717, 1.165) is 47.5 Å². The molecule has 1 saturated carbocycles. The zero-order valence-corrected chi connectivity index (χ0v) is 14.6. The highest BCUT2D eigenvalue weighted by Gasteiger charge is 2.28. The van der Waals surface area contributed by atoms with Crippen LogP contribution in [0.25, 0.3) is 11.3 Å². The van der Waals surface area contributed by atoms with Gasteiger partial charge in [0, 0.05) is 23.7 Å². The van der Waals surface area contributed by atoms with Gasteiger partial charge in [-0.3, -0.25) is 5.10 Å². The average molecular weight is 356 g/mol. The molecule has 1 aromatic carbocycles. The zero-order valence-electron chi connectivity index (χ0n) is 13.0. The van der Waals surface area contributed by atoms with E-state index in [4.69, 9.17) is 11.6 Å². The maximum Gasteiger partial charge on any atom is 0.0771 e. The van der Waals surface area contributed by atoms with Gasteiger partial charge in [-0.05, 0) is 30.5 Å². The van der Waals surface area contributed by atoms with E-state index in [1.54, 1.807) is 0 Å². The molecule has 0 aliphatic heterocycles. The summed E-state index contributed by atoms with van der Waals surface area (Å²) in [5.41, 5.74) is 2.62. The highest BCUT2D eigenvalue weighted by Crippen LogP contribution is 2.28. The molecule has 6 heteroatoms. The molecule has 4 nitrogen and oxygen atoms in total. The number of H-pyrrole nitrogens is 1. The maximum atomic E-state index is 10.5. The van der Waals surface area contributed by atoms with Crippen LogP contribution < -0.4 is 5.32 Å². The van der Waals surface area contributed by atoms with Gasteiger partial charge in [0.1, 0.15) is 0 Å². The topological polar surface area (TPSA) is 60.9 Å². The molecule has 0 saturated heterocycles. The molecule has 1 fully saturated rings. The Labute approximate surface area is 148 Å². The van der Waals surface area contributed by atoms with Crippen LogP contribution in [0.15, 0.2) is 30.5 Å². The van der Waals surface area contributed by atoms with Crippen molar-refractivity contribution in [2.24, 2.45) is 0 Å². The van der Waals surface area contributed by atoms with Crippen LogP contribution in [-0.4, -0.2) is 27.4 Å². The van der Waals surface area contributed by atoms with Gasteiger partial charge in [0.05, 0.1) is 17.5 Å². The van der Waals surface area contributed by atoms with Crippen molar-refractivity contribution in [3.05, 3.63) is 41.0 Å². The molecular weight excluding hydrogens is 333 g/mol. The minimum Gasteiger partial charge on any atom is -0.389 e. The number of rotatable bonds is 5. The van der Waals surface area contributed by atoms with Crippen LogP contribution in [0, 0.1) is 0 Å². The molecule has 0 amide bonds. The van der Waals surface area contributed by atoms with E-state index in [1.165, 1.54) is 6.42 Å². The Morgan fingerprint density at radius 3 is 2.57 bits per heavy atom. The number of hydrogen-bond acceptors (Lipinski definition) is 3. The molecule has 0 radical (unpaired) electrons. The summed E-state index contributed by atoms with van der Waals surface area (Å²) in [6.07, 6.45) is 7.12. The predicted octanol–water partition coefficient (Wildman–Crippen LogP) is 3.94. The Morgan fingerprint density at radius 1 is 1.17 bits per heavy atom. The van der Waals surface area contributed by atoms with Gasteiger partial charge in [-0.25, -0.2) is 0 Å². The zero-order chi connectivity index (χ0) is 15.4. The van der Waals surface area contributed by atoms with Crippen molar-refractivity contribution < 1.29 is 5.11 Å². The van der Waals surface area contributed by atoms with Crippen molar-refractivity contribution in [1.82, 2.24) is 15.5 Å². The molecule has 2 aromatic rings. The Morgan fingerprint density at radius 2 is 1.87 bits per heavy atom. The summed E-state index contributed by atoms with van der Waals surface area (Å²) in [4.78, 5) is 0. The van der Waals surface area contributed by atoms with Gasteiger partial charge in [0.25, 0.3) is 0 Å². The Bertz CT molecular complexity index is 607. The lowest BCUT2D eigenvalue weighted by Gasteiger charge is -2.32. The van der Waals surface area contributed by atoms with E-state index in [1.807, 2.05) is 30.5 Å². The van der Waals surface area contributed by atoms with Crippen LogP contribution in [-0.2, 0) is 6.54 Å². The number of nitrogens with zero attached hydrogens (tertiary/aromatic N) is 1. The summed E-state index contributed by atoms with van der Waals surface area (Å²) in [6.45, 7) is 1.33. The van der Waals surface area contributed by atoms with E-state index < -0.39 is 5.60 Å². The second-order valence-corrected chi connectivity index (χ2v) is 6.60. The SMILES string of the molecule is Cl.OC1(CNCc2cn[nH]c2-c2ccc(Cl)cc2)CCCCC1. The molecule has 1 aliphatic carbocycles. The first-order valence-electron chi connectivity index (χ1n) is 7.88. The highest BCUT2D eigenvalue weighted by molar-refractivity contribution is 6.30. The van der Waals surface area contributed by atoms with Crippen molar-refractivity contribution >= 4 is 24.0 Å². The predicted molar refractivity (Wildman–Crippen MR) is 96.0 cm³/mol. The lowest BCUT2D eigenvalue weighted by Crippen LogP contribution is -2.41. The quantitative estimate of drug-likeness (QED) is 0.761. The van der Waals surface area contributed by atoms with E-state index in [-0.39, 0.29) is 12.4 Å².